The van der Waals surface area contributed by atoms with Gasteiger partial charge in [-0.25, -0.2) is 0 Å². The topological polar surface area (TPSA) is 35.5 Å². The zero-order valence-corrected chi connectivity index (χ0v) is 10.5. The van der Waals surface area contributed by atoms with Crippen LogP contribution in [-0.4, -0.2) is 48.3 Å². The van der Waals surface area contributed by atoms with Gasteiger partial charge in [-0.2, -0.15) is 0 Å². The monoisotopic (exact) mass is 226 g/mol. The number of rotatable bonds is 7. The van der Waals surface area contributed by atoms with E-state index in [0.717, 1.165) is 19.4 Å². The molecule has 2 N–H and O–H groups in total. The molecule has 1 unspecified atom stereocenters. The standard InChI is InChI=1S/C13H26N2O/c1-3-8-15-9-6-13(7-10-15)14-12(2)5-4-11-16/h3,12-14,16H,1,4-11H2,2H3. The first-order valence-electron chi connectivity index (χ1n) is 6.46. The minimum absolute atomic E-state index is 0.309. The molecule has 0 aliphatic carbocycles. The van der Waals surface area contributed by atoms with Crippen molar-refractivity contribution in [3.63, 3.8) is 0 Å². The number of hydrogen-bond donors (Lipinski definition) is 2. The maximum Gasteiger partial charge on any atom is 0.0431 e. The molecule has 1 atom stereocenters. The van der Waals surface area contributed by atoms with Gasteiger partial charge in [-0.15, -0.1) is 6.58 Å². The average molecular weight is 226 g/mol. The highest BCUT2D eigenvalue weighted by Crippen LogP contribution is 2.11. The molecule has 1 rings (SSSR count). The largest absolute Gasteiger partial charge is 0.396 e. The van der Waals surface area contributed by atoms with Gasteiger partial charge in [0.05, 0.1) is 0 Å². The first-order chi connectivity index (χ1) is 7.76. The van der Waals surface area contributed by atoms with E-state index in [1.54, 1.807) is 0 Å². The molecule has 1 saturated heterocycles. The van der Waals surface area contributed by atoms with Crippen LogP contribution in [0.1, 0.15) is 32.6 Å². The maximum absolute atomic E-state index is 8.77. The summed E-state index contributed by atoms with van der Waals surface area (Å²) >= 11 is 0. The zero-order chi connectivity index (χ0) is 11.8. The molecule has 0 saturated carbocycles. The van der Waals surface area contributed by atoms with Crippen LogP contribution in [0.25, 0.3) is 0 Å². The first-order valence-corrected chi connectivity index (χ1v) is 6.46. The quantitative estimate of drug-likeness (QED) is 0.644. The van der Waals surface area contributed by atoms with Gasteiger partial charge in [-0.1, -0.05) is 6.08 Å². The fraction of sp³-hybridized carbons (Fsp3) is 0.846. The third-order valence-electron chi connectivity index (χ3n) is 3.29. The Kier molecular flexibility index (Phi) is 6.69. The van der Waals surface area contributed by atoms with E-state index in [2.05, 4.69) is 23.7 Å². The SMILES string of the molecule is C=CCN1CCC(NC(C)CCCO)CC1. The van der Waals surface area contributed by atoms with Crippen LogP contribution in [0.4, 0.5) is 0 Å². The average Bonchev–Trinajstić information content (AvgIpc) is 2.29. The lowest BCUT2D eigenvalue weighted by atomic mass is 10.0. The smallest absolute Gasteiger partial charge is 0.0431 e. The summed E-state index contributed by atoms with van der Waals surface area (Å²) in [6.07, 6.45) is 6.43. The van der Waals surface area contributed by atoms with Crippen molar-refractivity contribution in [2.45, 2.75) is 44.7 Å². The van der Waals surface area contributed by atoms with Gasteiger partial charge < -0.3 is 10.4 Å². The van der Waals surface area contributed by atoms with E-state index in [4.69, 9.17) is 5.11 Å². The van der Waals surface area contributed by atoms with E-state index in [1.807, 2.05) is 6.08 Å². The van der Waals surface area contributed by atoms with E-state index in [9.17, 15) is 0 Å². The van der Waals surface area contributed by atoms with Crippen LogP contribution in [0, 0.1) is 0 Å². The van der Waals surface area contributed by atoms with Crippen LogP contribution in [0.15, 0.2) is 12.7 Å². The highest BCUT2D eigenvalue weighted by atomic mass is 16.2. The number of nitrogens with one attached hydrogen (secondary N) is 1. The molecule has 0 aromatic rings. The molecule has 3 heteroatoms. The minimum atomic E-state index is 0.309. The summed E-state index contributed by atoms with van der Waals surface area (Å²) in [5.74, 6) is 0. The molecule has 1 fully saturated rings. The second kappa shape index (κ2) is 7.82. The molecular formula is C13H26N2O. The molecule has 1 heterocycles. The number of nitrogens with zero attached hydrogens (tertiary/aromatic N) is 1. The van der Waals surface area contributed by atoms with E-state index in [1.165, 1.54) is 25.9 Å². The third-order valence-corrected chi connectivity index (χ3v) is 3.29. The fourth-order valence-corrected chi connectivity index (χ4v) is 2.35. The predicted molar refractivity (Wildman–Crippen MR) is 68.6 cm³/mol. The third kappa shape index (κ3) is 5.10. The van der Waals surface area contributed by atoms with Gasteiger partial charge in [0.25, 0.3) is 0 Å². The second-order valence-electron chi connectivity index (χ2n) is 4.80. The van der Waals surface area contributed by atoms with Gasteiger partial charge in [0.1, 0.15) is 0 Å². The summed E-state index contributed by atoms with van der Waals surface area (Å²) in [7, 11) is 0. The van der Waals surface area contributed by atoms with Crippen molar-refractivity contribution in [2.75, 3.05) is 26.2 Å². The van der Waals surface area contributed by atoms with Crippen LogP contribution in [0.5, 0.6) is 0 Å². The number of aliphatic hydroxyl groups is 1. The first kappa shape index (κ1) is 13.7. The minimum Gasteiger partial charge on any atom is -0.396 e. The Labute approximate surface area is 99.5 Å². The second-order valence-corrected chi connectivity index (χ2v) is 4.80. The molecule has 16 heavy (non-hydrogen) atoms. The van der Waals surface area contributed by atoms with Crippen molar-refractivity contribution in [3.8, 4) is 0 Å². The Balaban J connectivity index is 2.13. The molecule has 0 bridgehead atoms. The van der Waals surface area contributed by atoms with Gasteiger partial charge >= 0.3 is 0 Å². The summed E-state index contributed by atoms with van der Waals surface area (Å²) in [4.78, 5) is 2.45. The Morgan fingerprint density at radius 3 is 2.75 bits per heavy atom. The Bertz CT molecular complexity index is 188. The van der Waals surface area contributed by atoms with Crippen molar-refractivity contribution >= 4 is 0 Å². The van der Waals surface area contributed by atoms with Gasteiger partial charge in [0.2, 0.25) is 0 Å². The molecule has 0 aromatic carbocycles. The van der Waals surface area contributed by atoms with Crippen molar-refractivity contribution < 1.29 is 5.11 Å². The Hall–Kier alpha value is -0.380. The maximum atomic E-state index is 8.77. The van der Waals surface area contributed by atoms with E-state index < -0.39 is 0 Å². The molecule has 0 spiro atoms. The highest BCUT2D eigenvalue weighted by molar-refractivity contribution is 4.82. The van der Waals surface area contributed by atoms with Gasteiger partial charge in [-0.3, -0.25) is 4.90 Å². The Morgan fingerprint density at radius 1 is 1.50 bits per heavy atom. The van der Waals surface area contributed by atoms with Crippen LogP contribution < -0.4 is 5.32 Å². The van der Waals surface area contributed by atoms with Crippen LogP contribution in [-0.2, 0) is 0 Å². The predicted octanol–water partition coefficient (Wildman–Crippen LogP) is 1.39. The van der Waals surface area contributed by atoms with E-state index in [-0.39, 0.29) is 0 Å². The normalized spacial score (nSPS) is 20.9. The van der Waals surface area contributed by atoms with Crippen molar-refractivity contribution in [3.05, 3.63) is 12.7 Å². The summed E-state index contributed by atoms with van der Waals surface area (Å²) < 4.78 is 0. The molecule has 3 nitrogen and oxygen atoms in total. The van der Waals surface area contributed by atoms with Crippen LogP contribution in [0.2, 0.25) is 0 Å². The van der Waals surface area contributed by atoms with Gasteiger partial charge in [0.15, 0.2) is 0 Å². The summed E-state index contributed by atoms with van der Waals surface area (Å²) in [6.45, 7) is 9.67. The molecule has 0 amide bonds. The lowest BCUT2D eigenvalue weighted by Gasteiger charge is -2.33. The number of piperidine rings is 1. The summed E-state index contributed by atoms with van der Waals surface area (Å²) in [5.41, 5.74) is 0. The lowest BCUT2D eigenvalue weighted by molar-refractivity contribution is 0.204. The zero-order valence-electron chi connectivity index (χ0n) is 10.5. The van der Waals surface area contributed by atoms with Crippen LogP contribution in [0.3, 0.4) is 0 Å². The number of likely N-dealkylation sites (tertiary alicyclic amines) is 1. The summed E-state index contributed by atoms with van der Waals surface area (Å²) in [5, 5.41) is 12.4. The Morgan fingerprint density at radius 2 is 2.19 bits per heavy atom. The molecule has 1 aliphatic heterocycles. The van der Waals surface area contributed by atoms with Crippen molar-refractivity contribution in [2.24, 2.45) is 0 Å². The van der Waals surface area contributed by atoms with Crippen molar-refractivity contribution in [1.82, 2.24) is 10.2 Å². The molecule has 1 aliphatic rings. The van der Waals surface area contributed by atoms with Crippen molar-refractivity contribution in [1.29, 1.82) is 0 Å². The number of aliphatic hydroxyl groups excluding tert-OH is 1. The van der Waals surface area contributed by atoms with E-state index in [0.29, 0.717) is 18.7 Å². The molecule has 0 radical (unpaired) electrons. The number of hydrogen-bond acceptors (Lipinski definition) is 3. The molecule has 0 aromatic heterocycles. The van der Waals surface area contributed by atoms with Gasteiger partial charge in [-0.05, 0) is 45.7 Å². The highest BCUT2D eigenvalue weighted by Gasteiger charge is 2.19. The molecular weight excluding hydrogens is 200 g/mol. The van der Waals surface area contributed by atoms with E-state index >= 15 is 0 Å². The summed E-state index contributed by atoms with van der Waals surface area (Å²) in [6, 6.07) is 1.19. The van der Waals surface area contributed by atoms with Gasteiger partial charge in [0, 0.05) is 25.2 Å². The van der Waals surface area contributed by atoms with Crippen LogP contribution >= 0.6 is 0 Å². The molecule has 94 valence electrons. The fourth-order valence-electron chi connectivity index (χ4n) is 2.35. The lowest BCUT2D eigenvalue weighted by Crippen LogP contribution is -2.45.